The van der Waals surface area contributed by atoms with Crippen molar-refractivity contribution >= 4 is 0 Å². The smallest absolute Gasteiger partial charge is 0.125 e. The van der Waals surface area contributed by atoms with Gasteiger partial charge in [-0.15, -0.1) is 5.92 Å². The summed E-state index contributed by atoms with van der Waals surface area (Å²) in [6.45, 7) is 15.7. The predicted octanol–water partition coefficient (Wildman–Crippen LogP) is 5.10. The largest absolute Gasteiger partial charge is 0.493 e. The highest BCUT2D eigenvalue weighted by atomic mass is 16.5. The van der Waals surface area contributed by atoms with E-state index < -0.39 is 0 Å². The summed E-state index contributed by atoms with van der Waals surface area (Å²) in [7, 11) is 0. The first-order valence-electron chi connectivity index (χ1n) is 7.53. The van der Waals surface area contributed by atoms with Gasteiger partial charge in [0, 0.05) is 5.92 Å². The number of aryl methyl sites for hydroxylation is 2. The molecule has 0 spiro atoms. The predicted molar refractivity (Wildman–Crippen MR) is 87.3 cm³/mol. The van der Waals surface area contributed by atoms with Crippen molar-refractivity contribution in [2.45, 2.75) is 54.4 Å². The van der Waals surface area contributed by atoms with Gasteiger partial charge in [-0.1, -0.05) is 51.3 Å². The first-order chi connectivity index (χ1) is 9.36. The van der Waals surface area contributed by atoms with Crippen LogP contribution in [0.3, 0.4) is 0 Å². The first kappa shape index (κ1) is 16.6. The number of ether oxygens (including phenoxy) is 1. The Balaban J connectivity index is 3.17. The van der Waals surface area contributed by atoms with Crippen LogP contribution in [0.4, 0.5) is 0 Å². The molecule has 0 N–H and O–H groups in total. The summed E-state index contributed by atoms with van der Waals surface area (Å²) in [5.74, 6) is 8.60. The van der Waals surface area contributed by atoms with E-state index in [0.29, 0.717) is 17.8 Å². The summed E-state index contributed by atoms with van der Waals surface area (Å²) in [5.41, 5.74) is 3.81. The van der Waals surface area contributed by atoms with Gasteiger partial charge in [0.25, 0.3) is 0 Å². The quantitative estimate of drug-likeness (QED) is 0.677. The molecule has 0 aliphatic heterocycles. The molecule has 0 amide bonds. The Morgan fingerprint density at radius 2 is 1.75 bits per heavy atom. The maximum atomic E-state index is 6.09. The third-order valence-corrected chi connectivity index (χ3v) is 3.62. The maximum Gasteiger partial charge on any atom is 0.125 e. The second kappa shape index (κ2) is 7.39. The Morgan fingerprint density at radius 3 is 2.30 bits per heavy atom. The van der Waals surface area contributed by atoms with E-state index in [1.165, 1.54) is 16.7 Å². The summed E-state index contributed by atoms with van der Waals surface area (Å²) >= 11 is 0. The van der Waals surface area contributed by atoms with Crippen LogP contribution < -0.4 is 4.74 Å². The lowest BCUT2D eigenvalue weighted by atomic mass is 9.86. The molecule has 1 rings (SSSR count). The minimum absolute atomic E-state index is 0.336. The van der Waals surface area contributed by atoms with E-state index in [-0.39, 0.29) is 0 Å². The van der Waals surface area contributed by atoms with Crippen LogP contribution in [0, 0.1) is 37.5 Å². The molecule has 1 heteroatoms. The van der Waals surface area contributed by atoms with Crippen LogP contribution in [-0.4, -0.2) is 6.61 Å². The van der Waals surface area contributed by atoms with Crippen molar-refractivity contribution in [3.8, 4) is 17.6 Å². The van der Waals surface area contributed by atoms with E-state index in [2.05, 4.69) is 65.5 Å². The van der Waals surface area contributed by atoms with Gasteiger partial charge >= 0.3 is 0 Å². The second-order valence-corrected chi connectivity index (χ2v) is 6.18. The minimum atomic E-state index is 0.336. The van der Waals surface area contributed by atoms with Crippen LogP contribution in [0.25, 0.3) is 0 Å². The van der Waals surface area contributed by atoms with Gasteiger partial charge in [0.15, 0.2) is 0 Å². The molecule has 110 valence electrons. The molecule has 0 aliphatic carbocycles. The summed E-state index contributed by atoms with van der Waals surface area (Å²) in [5, 5.41) is 0. The van der Waals surface area contributed by atoms with Crippen LogP contribution in [0.15, 0.2) is 12.1 Å². The molecule has 0 fully saturated rings. The Morgan fingerprint density at radius 1 is 1.10 bits per heavy atom. The van der Waals surface area contributed by atoms with E-state index in [9.17, 15) is 0 Å². The monoisotopic (exact) mass is 272 g/mol. The SMILES string of the molecule is CC#CC(C)C(C)c1cc(C)cc(C)c1OCC(C)C. The van der Waals surface area contributed by atoms with Crippen molar-refractivity contribution in [3.63, 3.8) is 0 Å². The third kappa shape index (κ3) is 4.30. The topological polar surface area (TPSA) is 9.23 Å². The molecular weight excluding hydrogens is 244 g/mol. The first-order valence-corrected chi connectivity index (χ1v) is 7.53. The zero-order valence-corrected chi connectivity index (χ0v) is 14.0. The van der Waals surface area contributed by atoms with Gasteiger partial charge in [-0.3, -0.25) is 0 Å². The molecule has 0 bridgehead atoms. The number of hydrogen-bond donors (Lipinski definition) is 0. The van der Waals surface area contributed by atoms with Crippen LogP contribution >= 0.6 is 0 Å². The van der Waals surface area contributed by atoms with E-state index in [0.717, 1.165) is 12.4 Å². The fourth-order valence-electron chi connectivity index (χ4n) is 2.39. The molecule has 0 saturated carbocycles. The van der Waals surface area contributed by atoms with E-state index in [1.807, 2.05) is 6.92 Å². The molecular formula is C19H28O. The van der Waals surface area contributed by atoms with E-state index >= 15 is 0 Å². The summed E-state index contributed by atoms with van der Waals surface area (Å²) < 4.78 is 6.09. The highest BCUT2D eigenvalue weighted by Gasteiger charge is 2.19. The van der Waals surface area contributed by atoms with Crippen LogP contribution in [0.5, 0.6) is 5.75 Å². The molecule has 1 aromatic rings. The highest BCUT2D eigenvalue weighted by Crippen LogP contribution is 2.35. The molecule has 2 atom stereocenters. The molecule has 0 saturated heterocycles. The zero-order valence-electron chi connectivity index (χ0n) is 14.0. The van der Waals surface area contributed by atoms with Gasteiger partial charge < -0.3 is 4.74 Å². The third-order valence-electron chi connectivity index (χ3n) is 3.62. The van der Waals surface area contributed by atoms with Crippen molar-refractivity contribution in [1.29, 1.82) is 0 Å². The van der Waals surface area contributed by atoms with Crippen molar-refractivity contribution in [2.75, 3.05) is 6.61 Å². The molecule has 1 aromatic carbocycles. The van der Waals surface area contributed by atoms with Crippen molar-refractivity contribution in [3.05, 3.63) is 28.8 Å². The summed E-state index contributed by atoms with van der Waals surface area (Å²) in [6.07, 6.45) is 0. The Bertz CT molecular complexity index is 502. The van der Waals surface area contributed by atoms with Gasteiger partial charge in [-0.25, -0.2) is 0 Å². The second-order valence-electron chi connectivity index (χ2n) is 6.18. The molecule has 2 unspecified atom stereocenters. The Hall–Kier alpha value is -1.42. The lowest BCUT2D eigenvalue weighted by Crippen LogP contribution is -2.11. The van der Waals surface area contributed by atoms with Crippen molar-refractivity contribution in [1.82, 2.24) is 0 Å². The van der Waals surface area contributed by atoms with E-state index in [4.69, 9.17) is 4.74 Å². The average Bonchev–Trinajstić information content (AvgIpc) is 2.36. The maximum absolute atomic E-state index is 6.09. The van der Waals surface area contributed by atoms with Gasteiger partial charge in [0.1, 0.15) is 5.75 Å². The number of benzene rings is 1. The molecule has 0 aliphatic rings. The Kier molecular flexibility index (Phi) is 6.14. The lowest BCUT2D eigenvalue weighted by molar-refractivity contribution is 0.265. The summed E-state index contributed by atoms with van der Waals surface area (Å²) in [6, 6.07) is 4.45. The van der Waals surface area contributed by atoms with Crippen LogP contribution in [0.1, 0.15) is 57.2 Å². The molecule has 0 heterocycles. The van der Waals surface area contributed by atoms with E-state index in [1.54, 1.807) is 0 Å². The minimum Gasteiger partial charge on any atom is -0.493 e. The van der Waals surface area contributed by atoms with Gasteiger partial charge in [-0.05, 0) is 43.7 Å². The zero-order chi connectivity index (χ0) is 15.3. The average molecular weight is 272 g/mol. The fourth-order valence-corrected chi connectivity index (χ4v) is 2.39. The van der Waals surface area contributed by atoms with Crippen molar-refractivity contribution < 1.29 is 4.74 Å². The van der Waals surface area contributed by atoms with Gasteiger partial charge in [0.2, 0.25) is 0 Å². The highest BCUT2D eigenvalue weighted by molar-refractivity contribution is 5.46. The Labute approximate surface area is 124 Å². The number of hydrogen-bond acceptors (Lipinski definition) is 1. The standard InChI is InChI=1S/C19H28O/c1-8-9-15(5)17(7)18-11-14(4)10-16(6)19(18)20-12-13(2)3/h10-11,13,15,17H,12H2,1-7H3. The van der Waals surface area contributed by atoms with Gasteiger partial charge in [-0.2, -0.15) is 0 Å². The lowest BCUT2D eigenvalue weighted by Gasteiger charge is -2.22. The van der Waals surface area contributed by atoms with Gasteiger partial charge in [0.05, 0.1) is 6.61 Å². The molecule has 0 aromatic heterocycles. The normalized spacial score (nSPS) is 13.6. The van der Waals surface area contributed by atoms with Crippen LogP contribution in [-0.2, 0) is 0 Å². The van der Waals surface area contributed by atoms with Crippen molar-refractivity contribution in [2.24, 2.45) is 11.8 Å². The summed E-state index contributed by atoms with van der Waals surface area (Å²) in [4.78, 5) is 0. The molecule has 0 radical (unpaired) electrons. The van der Waals surface area contributed by atoms with Crippen LogP contribution in [0.2, 0.25) is 0 Å². The fraction of sp³-hybridized carbons (Fsp3) is 0.579. The molecule has 20 heavy (non-hydrogen) atoms. The number of rotatable bonds is 5. The molecule has 1 nitrogen and oxygen atoms in total.